The van der Waals surface area contributed by atoms with Gasteiger partial charge in [0.15, 0.2) is 5.75 Å². The molecule has 2 aromatic rings. The van der Waals surface area contributed by atoms with Gasteiger partial charge >= 0.3 is 5.97 Å². The maximum atomic E-state index is 12.7. The van der Waals surface area contributed by atoms with Crippen molar-refractivity contribution in [3.05, 3.63) is 41.7 Å². The van der Waals surface area contributed by atoms with Gasteiger partial charge in [-0.1, -0.05) is 11.8 Å². The van der Waals surface area contributed by atoms with E-state index in [9.17, 15) is 27.9 Å². The van der Waals surface area contributed by atoms with Gasteiger partial charge in [-0.3, -0.25) is 24.0 Å². The molecule has 2 amide bonds. The van der Waals surface area contributed by atoms with Crippen molar-refractivity contribution in [2.75, 3.05) is 17.3 Å². The Morgan fingerprint density at radius 2 is 2.00 bits per heavy atom. The van der Waals surface area contributed by atoms with E-state index < -0.39 is 39.2 Å². The topological polar surface area (TPSA) is 193 Å². The number of thioether (sulfide) groups is 3. The monoisotopic (exact) mass is 559 g/mol. The number of rotatable bonds is 10. The van der Waals surface area contributed by atoms with Crippen molar-refractivity contribution in [3.8, 4) is 0 Å². The van der Waals surface area contributed by atoms with Crippen molar-refractivity contribution in [1.29, 1.82) is 0 Å². The van der Waals surface area contributed by atoms with Gasteiger partial charge in [0.25, 0.3) is 21.2 Å². The summed E-state index contributed by atoms with van der Waals surface area (Å²) in [6, 6.07) is 2.70. The first kappa shape index (κ1) is 25.5. The molecule has 3 N–H and O–H groups in total. The number of carbonyl (C=O) groups is 3. The number of nitrogens with zero attached hydrogens (tertiary/aromatic N) is 4. The highest BCUT2D eigenvalue weighted by Gasteiger charge is 2.54. The highest BCUT2D eigenvalue weighted by atomic mass is 32.2. The molecule has 2 atom stereocenters. The van der Waals surface area contributed by atoms with Gasteiger partial charge in [0.2, 0.25) is 11.8 Å². The van der Waals surface area contributed by atoms with Crippen molar-refractivity contribution in [2.45, 2.75) is 27.3 Å². The van der Waals surface area contributed by atoms with Gasteiger partial charge in [0.1, 0.15) is 17.1 Å². The standard InChI is InChI=1S/C18H17N5O8S4/c24-11(7-32-10-1-3-19-4-2-10)20-13-15(25)23-14(17(26)27)9(5-33-16(13)23)6-34-18-22-21-12(31-18)8-35(28,29)30/h1-4,13,16H,5-8H2,(H,20,24)(H,26,27)(H,28,29,30)/t13?,16-/m1/s1. The molecular weight excluding hydrogens is 542 g/mol. The summed E-state index contributed by atoms with van der Waals surface area (Å²) in [6.07, 6.45) is 3.22. The fourth-order valence-corrected chi connectivity index (χ4v) is 6.64. The Labute approximate surface area is 211 Å². The predicted octanol–water partition coefficient (Wildman–Crippen LogP) is 0.475. The van der Waals surface area contributed by atoms with Crippen molar-refractivity contribution in [1.82, 2.24) is 25.4 Å². The smallest absolute Gasteiger partial charge is 0.352 e. The summed E-state index contributed by atoms with van der Waals surface area (Å²) in [5.74, 6) is -2.81. The van der Waals surface area contributed by atoms with E-state index in [4.69, 9.17) is 8.97 Å². The number of nitrogens with one attached hydrogen (secondary N) is 1. The molecule has 0 aromatic carbocycles. The van der Waals surface area contributed by atoms with E-state index in [1.165, 1.54) is 23.5 Å². The molecule has 0 bridgehead atoms. The third-order valence-electron chi connectivity index (χ3n) is 4.71. The van der Waals surface area contributed by atoms with Crippen LogP contribution in [0.25, 0.3) is 0 Å². The minimum Gasteiger partial charge on any atom is -0.477 e. The van der Waals surface area contributed by atoms with E-state index in [1.54, 1.807) is 24.5 Å². The number of amides is 2. The Hall–Kier alpha value is -2.60. The second-order valence-electron chi connectivity index (χ2n) is 7.16. The molecule has 2 aliphatic rings. The highest BCUT2D eigenvalue weighted by molar-refractivity contribution is 8.01. The molecule has 2 aliphatic heterocycles. The molecule has 1 saturated heterocycles. The van der Waals surface area contributed by atoms with E-state index in [0.717, 1.165) is 21.6 Å². The number of carboxylic acid groups (broad SMARTS) is 1. The summed E-state index contributed by atoms with van der Waals surface area (Å²) >= 11 is 3.59. The fraction of sp³-hybridized carbons (Fsp3) is 0.333. The number of aromatic nitrogens is 3. The number of carbonyl (C=O) groups excluding carboxylic acids is 2. The summed E-state index contributed by atoms with van der Waals surface area (Å²) < 4.78 is 35.8. The van der Waals surface area contributed by atoms with E-state index in [-0.39, 0.29) is 40.0 Å². The van der Waals surface area contributed by atoms with Gasteiger partial charge in [-0.25, -0.2) is 4.79 Å². The number of aliphatic carboxylic acids is 1. The summed E-state index contributed by atoms with van der Waals surface area (Å²) in [6.45, 7) is 0. The van der Waals surface area contributed by atoms with Gasteiger partial charge in [-0.15, -0.1) is 33.7 Å². The molecule has 13 nitrogen and oxygen atoms in total. The van der Waals surface area contributed by atoms with Gasteiger partial charge in [0.05, 0.1) is 5.75 Å². The van der Waals surface area contributed by atoms with E-state index in [2.05, 4.69) is 20.5 Å². The quantitative estimate of drug-likeness (QED) is 0.207. The van der Waals surface area contributed by atoms with Crippen LogP contribution in [0.15, 0.2) is 50.3 Å². The Morgan fingerprint density at radius 1 is 1.26 bits per heavy atom. The van der Waals surface area contributed by atoms with Crippen molar-refractivity contribution < 1.29 is 36.9 Å². The lowest BCUT2D eigenvalue weighted by molar-refractivity contribution is -0.150. The summed E-state index contributed by atoms with van der Waals surface area (Å²) in [4.78, 5) is 42.9. The molecule has 0 saturated carbocycles. The Morgan fingerprint density at radius 3 is 2.69 bits per heavy atom. The van der Waals surface area contributed by atoms with Crippen molar-refractivity contribution in [3.63, 3.8) is 0 Å². The first-order chi connectivity index (χ1) is 16.6. The van der Waals surface area contributed by atoms with Gasteiger partial charge in [-0.05, 0) is 17.7 Å². The average molecular weight is 560 g/mol. The molecule has 0 spiro atoms. The Kier molecular flexibility index (Phi) is 7.70. The second-order valence-corrected chi connectivity index (χ2v) is 11.7. The first-order valence-corrected chi connectivity index (χ1v) is 14.4. The number of hydrogen-bond donors (Lipinski definition) is 3. The van der Waals surface area contributed by atoms with E-state index in [1.807, 2.05) is 0 Å². The zero-order valence-corrected chi connectivity index (χ0v) is 20.8. The molecular formula is C18H17N5O8S4. The lowest BCUT2D eigenvalue weighted by Gasteiger charge is -2.49. The maximum Gasteiger partial charge on any atom is 0.352 e. The number of carboxylic acids is 1. The molecule has 0 radical (unpaired) electrons. The second kappa shape index (κ2) is 10.6. The molecule has 35 heavy (non-hydrogen) atoms. The third kappa shape index (κ3) is 6.16. The van der Waals surface area contributed by atoms with Gasteiger partial charge < -0.3 is 14.8 Å². The summed E-state index contributed by atoms with van der Waals surface area (Å²) in [5, 5.41) is 19.0. The van der Waals surface area contributed by atoms with Crippen LogP contribution >= 0.6 is 35.3 Å². The third-order valence-corrected chi connectivity index (χ3v) is 8.58. The van der Waals surface area contributed by atoms with E-state index in [0.29, 0.717) is 5.57 Å². The molecule has 186 valence electrons. The lowest BCUT2D eigenvalue weighted by Crippen LogP contribution is -2.70. The van der Waals surface area contributed by atoms with Crippen LogP contribution in [0.3, 0.4) is 0 Å². The summed E-state index contributed by atoms with van der Waals surface area (Å²) in [7, 11) is -4.34. The van der Waals surface area contributed by atoms with Crippen LogP contribution in [0.1, 0.15) is 5.89 Å². The molecule has 1 fully saturated rings. The maximum absolute atomic E-state index is 12.7. The largest absolute Gasteiger partial charge is 0.477 e. The van der Waals surface area contributed by atoms with Crippen LogP contribution in [0.4, 0.5) is 0 Å². The molecule has 4 rings (SSSR count). The zero-order chi connectivity index (χ0) is 25.2. The predicted molar refractivity (Wildman–Crippen MR) is 125 cm³/mol. The Balaban J connectivity index is 1.37. The van der Waals surface area contributed by atoms with Crippen LogP contribution in [-0.4, -0.2) is 84.6 Å². The first-order valence-electron chi connectivity index (χ1n) is 9.75. The lowest BCUT2D eigenvalue weighted by atomic mass is 10.0. The van der Waals surface area contributed by atoms with Crippen LogP contribution < -0.4 is 5.32 Å². The molecule has 4 heterocycles. The minimum absolute atomic E-state index is 0.0141. The normalized spacial score (nSPS) is 19.8. The fourth-order valence-electron chi connectivity index (χ4n) is 3.25. The highest BCUT2D eigenvalue weighted by Crippen LogP contribution is 2.41. The van der Waals surface area contributed by atoms with Crippen LogP contribution in [0, 0.1) is 0 Å². The van der Waals surface area contributed by atoms with Crippen LogP contribution in [0.5, 0.6) is 0 Å². The summed E-state index contributed by atoms with van der Waals surface area (Å²) in [5.41, 5.74) is 0.269. The molecule has 17 heteroatoms. The minimum atomic E-state index is -4.34. The van der Waals surface area contributed by atoms with Crippen molar-refractivity contribution >= 4 is 63.2 Å². The Bertz CT molecular complexity index is 1280. The zero-order valence-electron chi connectivity index (χ0n) is 17.6. The van der Waals surface area contributed by atoms with Crippen LogP contribution in [-0.2, 0) is 30.3 Å². The van der Waals surface area contributed by atoms with Crippen LogP contribution in [0.2, 0.25) is 0 Å². The average Bonchev–Trinajstić information content (AvgIpc) is 3.25. The van der Waals surface area contributed by atoms with Crippen molar-refractivity contribution in [2.24, 2.45) is 0 Å². The van der Waals surface area contributed by atoms with Gasteiger partial charge in [0, 0.05) is 28.8 Å². The van der Waals surface area contributed by atoms with Gasteiger partial charge in [-0.2, -0.15) is 8.42 Å². The number of pyridine rings is 1. The number of hydrogen-bond acceptors (Lipinski definition) is 12. The number of fused-ring (bicyclic) bond motifs is 1. The number of β-lactam (4-membered cyclic amide) rings is 1. The van der Waals surface area contributed by atoms with E-state index >= 15 is 0 Å². The molecule has 1 unspecified atom stereocenters. The molecule has 2 aromatic heterocycles. The SMILES string of the molecule is O=C(CSc1ccncc1)NC1C(=O)N2C(C(=O)O)=C(CSc3nnc(CS(=O)(=O)O)o3)CS[C@H]12. The molecule has 0 aliphatic carbocycles.